The highest BCUT2D eigenvalue weighted by Crippen LogP contribution is 2.38. The zero-order chi connectivity index (χ0) is 33.7. The minimum Gasteiger partial charge on any atom is -0.454 e. The van der Waals surface area contributed by atoms with Crippen molar-refractivity contribution in [3.8, 4) is 56.8 Å². The van der Waals surface area contributed by atoms with Crippen molar-refractivity contribution in [3.63, 3.8) is 0 Å². The van der Waals surface area contributed by atoms with E-state index in [0.29, 0.717) is 23.1 Å². The Hall–Kier alpha value is -7.12. The summed E-state index contributed by atoms with van der Waals surface area (Å²) in [6.07, 6.45) is 3.68. The van der Waals surface area contributed by atoms with Crippen LogP contribution in [-0.2, 0) is 0 Å². The molecular formula is C44H26N6O. The molecule has 5 aromatic heterocycles. The van der Waals surface area contributed by atoms with Crippen molar-refractivity contribution >= 4 is 43.6 Å². The van der Waals surface area contributed by atoms with E-state index >= 15 is 0 Å². The number of aromatic nitrogens is 6. The van der Waals surface area contributed by atoms with Gasteiger partial charge in [-0.2, -0.15) is 0 Å². The van der Waals surface area contributed by atoms with Gasteiger partial charge in [-0.3, -0.25) is 9.97 Å². The molecule has 0 atom stereocenters. The van der Waals surface area contributed by atoms with Gasteiger partial charge in [0.25, 0.3) is 0 Å². The lowest BCUT2D eigenvalue weighted by molar-refractivity contribution is 0.668. The fourth-order valence-corrected chi connectivity index (χ4v) is 6.79. The third-order valence-corrected chi connectivity index (χ3v) is 9.26. The SMILES string of the molecule is c1ccc(-c2nc(-c3ccccc3)nc(-c3ccc(-c4cc5oc6ccc(-c7nccc8ccccc78)nc6c5cn4)c4ccccc34)n2)cc1. The Morgan fingerprint density at radius 3 is 1.78 bits per heavy atom. The van der Waals surface area contributed by atoms with E-state index < -0.39 is 0 Å². The third kappa shape index (κ3) is 4.99. The standard InChI is InChI=1S/C44H26N6O/c1-3-12-28(13-4-1)42-48-43(29-14-5-2-6-15-29)50-44(49-42)34-20-19-33(31-17-9-10-18-32(31)34)37-25-39-35(26-46-37)41-38(51-39)22-21-36(47-41)40-30-16-8-7-11-27(30)23-24-45-40/h1-26H. The molecule has 51 heavy (non-hydrogen) atoms. The van der Waals surface area contributed by atoms with Crippen molar-refractivity contribution in [1.82, 2.24) is 29.9 Å². The molecule has 0 bridgehead atoms. The van der Waals surface area contributed by atoms with Crippen LogP contribution in [-0.4, -0.2) is 29.9 Å². The van der Waals surface area contributed by atoms with E-state index in [9.17, 15) is 0 Å². The molecular weight excluding hydrogens is 629 g/mol. The van der Waals surface area contributed by atoms with Gasteiger partial charge < -0.3 is 4.42 Å². The van der Waals surface area contributed by atoms with Gasteiger partial charge in [-0.05, 0) is 40.4 Å². The first-order valence-electron chi connectivity index (χ1n) is 16.7. The van der Waals surface area contributed by atoms with Gasteiger partial charge in [-0.1, -0.05) is 115 Å². The summed E-state index contributed by atoms with van der Waals surface area (Å²) >= 11 is 0. The molecule has 0 N–H and O–H groups in total. The largest absolute Gasteiger partial charge is 0.454 e. The fraction of sp³-hybridized carbons (Fsp3) is 0. The van der Waals surface area contributed by atoms with Crippen LogP contribution >= 0.6 is 0 Å². The number of furan rings is 1. The molecule has 0 aliphatic rings. The molecule has 10 rings (SSSR count). The topological polar surface area (TPSA) is 90.5 Å². The fourth-order valence-electron chi connectivity index (χ4n) is 6.79. The second kappa shape index (κ2) is 11.8. The minimum atomic E-state index is 0.605. The molecule has 0 spiro atoms. The third-order valence-electron chi connectivity index (χ3n) is 9.26. The van der Waals surface area contributed by atoms with E-state index in [1.165, 1.54) is 0 Å². The van der Waals surface area contributed by atoms with Crippen LogP contribution < -0.4 is 0 Å². The van der Waals surface area contributed by atoms with E-state index in [1.807, 2.05) is 122 Å². The number of hydrogen-bond acceptors (Lipinski definition) is 7. The normalized spacial score (nSPS) is 11.5. The van der Waals surface area contributed by atoms with Gasteiger partial charge in [0.2, 0.25) is 0 Å². The van der Waals surface area contributed by atoms with Crippen molar-refractivity contribution in [2.75, 3.05) is 0 Å². The molecule has 5 heterocycles. The van der Waals surface area contributed by atoms with Crippen LogP contribution in [0.25, 0.3) is 100 Å². The van der Waals surface area contributed by atoms with Crippen molar-refractivity contribution in [3.05, 3.63) is 158 Å². The van der Waals surface area contributed by atoms with Gasteiger partial charge >= 0.3 is 0 Å². The second-order valence-electron chi connectivity index (χ2n) is 12.3. The summed E-state index contributed by atoms with van der Waals surface area (Å²) in [5.74, 6) is 1.85. The van der Waals surface area contributed by atoms with Gasteiger partial charge in [-0.15, -0.1) is 0 Å². The molecule has 0 fully saturated rings. The Balaban J connectivity index is 1.09. The minimum absolute atomic E-state index is 0.605. The van der Waals surface area contributed by atoms with Crippen molar-refractivity contribution in [1.29, 1.82) is 0 Å². The lowest BCUT2D eigenvalue weighted by atomic mass is 9.96. The number of pyridine rings is 3. The monoisotopic (exact) mass is 654 g/mol. The van der Waals surface area contributed by atoms with Gasteiger partial charge in [-0.25, -0.2) is 19.9 Å². The van der Waals surface area contributed by atoms with E-state index in [-0.39, 0.29) is 0 Å². The summed E-state index contributed by atoms with van der Waals surface area (Å²) < 4.78 is 6.36. The number of hydrogen-bond donors (Lipinski definition) is 0. The average Bonchev–Trinajstić information content (AvgIpc) is 3.58. The summed E-state index contributed by atoms with van der Waals surface area (Å²) in [6, 6.07) is 48.7. The smallest absolute Gasteiger partial charge is 0.164 e. The van der Waals surface area contributed by atoms with Crippen LogP contribution in [0.5, 0.6) is 0 Å². The van der Waals surface area contributed by atoms with Gasteiger partial charge in [0.1, 0.15) is 11.1 Å². The summed E-state index contributed by atoms with van der Waals surface area (Å²) in [5.41, 5.74) is 8.35. The van der Waals surface area contributed by atoms with E-state index in [0.717, 1.165) is 77.4 Å². The van der Waals surface area contributed by atoms with Gasteiger partial charge in [0, 0.05) is 46.1 Å². The Morgan fingerprint density at radius 1 is 0.412 bits per heavy atom. The molecule has 0 aliphatic carbocycles. The Kier molecular flexibility index (Phi) is 6.67. The molecule has 238 valence electrons. The highest BCUT2D eigenvalue weighted by molar-refractivity contribution is 6.07. The van der Waals surface area contributed by atoms with Crippen LogP contribution in [0.4, 0.5) is 0 Å². The van der Waals surface area contributed by atoms with Crippen LogP contribution in [0.2, 0.25) is 0 Å². The molecule has 0 amide bonds. The summed E-state index contributed by atoms with van der Waals surface area (Å²) in [6.45, 7) is 0. The van der Waals surface area contributed by atoms with Crippen LogP contribution in [0, 0.1) is 0 Å². The number of rotatable bonds is 5. The van der Waals surface area contributed by atoms with Crippen molar-refractivity contribution < 1.29 is 4.42 Å². The zero-order valence-corrected chi connectivity index (χ0v) is 27.1. The second-order valence-corrected chi connectivity index (χ2v) is 12.3. The number of benzene rings is 5. The van der Waals surface area contributed by atoms with Gasteiger partial charge in [0.05, 0.1) is 22.5 Å². The molecule has 0 saturated carbocycles. The Bertz CT molecular complexity index is 2860. The summed E-state index contributed by atoms with van der Waals surface area (Å²) in [7, 11) is 0. The van der Waals surface area contributed by atoms with Crippen LogP contribution in [0.15, 0.2) is 162 Å². The highest BCUT2D eigenvalue weighted by atomic mass is 16.3. The maximum atomic E-state index is 6.36. The molecule has 0 saturated heterocycles. The highest BCUT2D eigenvalue weighted by Gasteiger charge is 2.18. The van der Waals surface area contributed by atoms with E-state index in [1.54, 1.807) is 0 Å². The number of nitrogens with zero attached hydrogens (tertiary/aromatic N) is 6. The van der Waals surface area contributed by atoms with Crippen LogP contribution in [0.1, 0.15) is 0 Å². The molecule has 0 radical (unpaired) electrons. The molecule has 10 aromatic rings. The molecule has 7 nitrogen and oxygen atoms in total. The summed E-state index contributed by atoms with van der Waals surface area (Å²) in [4.78, 5) is 29.5. The quantitative estimate of drug-likeness (QED) is 0.182. The first-order valence-corrected chi connectivity index (χ1v) is 16.7. The molecule has 5 aromatic carbocycles. The Labute approximate surface area is 292 Å². The molecule has 0 unspecified atom stereocenters. The first kappa shape index (κ1) is 28.9. The number of fused-ring (bicyclic) bond motifs is 5. The van der Waals surface area contributed by atoms with Crippen LogP contribution in [0.3, 0.4) is 0 Å². The lowest BCUT2D eigenvalue weighted by Crippen LogP contribution is -2.00. The average molecular weight is 655 g/mol. The van der Waals surface area contributed by atoms with E-state index in [4.69, 9.17) is 29.3 Å². The van der Waals surface area contributed by atoms with Crippen molar-refractivity contribution in [2.24, 2.45) is 0 Å². The molecule has 0 aliphatic heterocycles. The summed E-state index contributed by atoms with van der Waals surface area (Å²) in [5, 5.41) is 5.07. The van der Waals surface area contributed by atoms with Crippen molar-refractivity contribution in [2.45, 2.75) is 0 Å². The lowest BCUT2D eigenvalue weighted by Gasteiger charge is -2.12. The maximum absolute atomic E-state index is 6.36. The molecule has 7 heteroatoms. The maximum Gasteiger partial charge on any atom is 0.164 e. The zero-order valence-electron chi connectivity index (χ0n) is 27.1. The predicted octanol–water partition coefficient (Wildman–Crippen LogP) is 10.6. The van der Waals surface area contributed by atoms with Gasteiger partial charge in [0.15, 0.2) is 23.1 Å². The van der Waals surface area contributed by atoms with E-state index in [2.05, 4.69) is 41.4 Å². The predicted molar refractivity (Wildman–Crippen MR) is 203 cm³/mol. The Morgan fingerprint density at radius 2 is 1.04 bits per heavy atom. The first-order chi connectivity index (χ1) is 25.3.